The van der Waals surface area contributed by atoms with Gasteiger partial charge in [-0.05, 0) is 86.5 Å². The maximum atomic E-state index is 11.4. The van der Waals surface area contributed by atoms with Crippen molar-refractivity contribution in [1.82, 2.24) is 9.78 Å². The van der Waals surface area contributed by atoms with Crippen LogP contribution in [0.5, 0.6) is 0 Å². The van der Waals surface area contributed by atoms with Crippen LogP contribution in [0.4, 0.5) is 0 Å². The molecule has 0 amide bonds. The molecule has 0 unspecified atom stereocenters. The third kappa shape index (κ3) is 2.68. The Balaban J connectivity index is 1.44. The third-order valence-corrected chi connectivity index (χ3v) is 9.78. The van der Waals surface area contributed by atoms with E-state index < -0.39 is 0 Å². The highest BCUT2D eigenvalue weighted by atomic mass is 16.3. The van der Waals surface area contributed by atoms with E-state index in [0.29, 0.717) is 11.3 Å². The average molecular weight is 383 g/mol. The van der Waals surface area contributed by atoms with E-state index in [1.54, 1.807) is 0 Å². The van der Waals surface area contributed by atoms with Crippen molar-refractivity contribution in [3.05, 3.63) is 23.5 Å². The summed E-state index contributed by atoms with van der Waals surface area (Å²) in [5.74, 6) is 3.33. The lowest BCUT2D eigenvalue weighted by Gasteiger charge is -2.60. The summed E-state index contributed by atoms with van der Waals surface area (Å²) in [6, 6.07) is 0. The van der Waals surface area contributed by atoms with E-state index in [9.17, 15) is 5.11 Å². The van der Waals surface area contributed by atoms with Gasteiger partial charge in [0.2, 0.25) is 0 Å². The Labute approximate surface area is 170 Å². The molecule has 7 atom stereocenters. The zero-order chi connectivity index (χ0) is 19.5. The van der Waals surface area contributed by atoms with Gasteiger partial charge in [-0.2, -0.15) is 5.10 Å². The normalized spacial score (nSPS) is 46.9. The summed E-state index contributed by atoms with van der Waals surface area (Å²) in [7, 11) is 0. The van der Waals surface area contributed by atoms with Crippen molar-refractivity contribution in [3.63, 3.8) is 0 Å². The Hall–Kier alpha value is -1.09. The summed E-state index contributed by atoms with van der Waals surface area (Å²) in [5.41, 5.74) is 3.06. The number of nitrogens with zero attached hydrogens (tertiary/aromatic N) is 2. The van der Waals surface area contributed by atoms with Crippen LogP contribution in [-0.2, 0) is 6.54 Å². The molecule has 1 heterocycles. The van der Waals surface area contributed by atoms with Gasteiger partial charge in [0.25, 0.3) is 0 Å². The minimum atomic E-state index is -0.277. The SMILES string of the molecule is CCn1cc(/C=C2\C[C@H]3[C@@H]4CC[C@H]5CCCC[C@]5(C)[C@H]4CC[C@]3(C)[C@@H]2O)cn1. The lowest BCUT2D eigenvalue weighted by Crippen LogP contribution is -2.53. The number of rotatable bonds is 2. The number of aliphatic hydroxyl groups is 1. The average Bonchev–Trinajstić information content (AvgIpc) is 3.25. The van der Waals surface area contributed by atoms with Crippen LogP contribution < -0.4 is 0 Å². The van der Waals surface area contributed by atoms with Crippen LogP contribution in [0.3, 0.4) is 0 Å². The summed E-state index contributed by atoms with van der Waals surface area (Å²) in [6.45, 7) is 8.05. The van der Waals surface area contributed by atoms with Crippen LogP contribution in [0, 0.1) is 34.5 Å². The molecule has 28 heavy (non-hydrogen) atoms. The molecule has 4 fully saturated rings. The van der Waals surface area contributed by atoms with Crippen LogP contribution in [0.25, 0.3) is 6.08 Å². The van der Waals surface area contributed by atoms with Gasteiger partial charge in [0.1, 0.15) is 0 Å². The van der Waals surface area contributed by atoms with Crippen molar-refractivity contribution in [2.45, 2.75) is 91.2 Å². The topological polar surface area (TPSA) is 38.0 Å². The second-order valence-electron chi connectivity index (χ2n) is 10.9. The van der Waals surface area contributed by atoms with Gasteiger partial charge in [-0.25, -0.2) is 0 Å². The summed E-state index contributed by atoms with van der Waals surface area (Å²) in [6.07, 6.45) is 18.3. The van der Waals surface area contributed by atoms with Crippen LogP contribution in [0.15, 0.2) is 18.0 Å². The predicted octanol–water partition coefficient (Wildman–Crippen LogP) is 5.69. The molecule has 1 aromatic heterocycles. The number of aryl methyl sites for hydroxylation is 1. The van der Waals surface area contributed by atoms with Gasteiger partial charge in [0, 0.05) is 23.7 Å². The van der Waals surface area contributed by atoms with Gasteiger partial charge < -0.3 is 5.11 Å². The van der Waals surface area contributed by atoms with Crippen LogP contribution in [0.2, 0.25) is 0 Å². The first kappa shape index (κ1) is 18.9. The van der Waals surface area contributed by atoms with E-state index >= 15 is 0 Å². The molecular formula is C25H38N2O. The number of aromatic nitrogens is 2. The maximum absolute atomic E-state index is 11.4. The van der Waals surface area contributed by atoms with Crippen LogP contribution in [-0.4, -0.2) is 21.0 Å². The summed E-state index contributed by atoms with van der Waals surface area (Å²) >= 11 is 0. The molecule has 0 aromatic carbocycles. The Kier molecular flexibility index (Phi) is 4.54. The molecule has 0 spiro atoms. The molecule has 0 saturated heterocycles. The van der Waals surface area contributed by atoms with Gasteiger partial charge in [-0.15, -0.1) is 0 Å². The highest BCUT2D eigenvalue weighted by molar-refractivity contribution is 5.54. The fraction of sp³-hybridized carbons (Fsp3) is 0.800. The quantitative estimate of drug-likeness (QED) is 0.713. The predicted molar refractivity (Wildman–Crippen MR) is 114 cm³/mol. The molecule has 1 N–H and O–H groups in total. The second kappa shape index (κ2) is 6.72. The highest BCUT2D eigenvalue weighted by Crippen LogP contribution is 2.67. The monoisotopic (exact) mass is 382 g/mol. The van der Waals surface area contributed by atoms with Crippen molar-refractivity contribution in [2.24, 2.45) is 34.5 Å². The molecule has 1 aromatic rings. The lowest BCUT2D eigenvalue weighted by molar-refractivity contribution is -0.119. The van der Waals surface area contributed by atoms with Gasteiger partial charge in [0.05, 0.1) is 12.3 Å². The largest absolute Gasteiger partial charge is 0.388 e. The van der Waals surface area contributed by atoms with Crippen molar-refractivity contribution in [3.8, 4) is 0 Å². The summed E-state index contributed by atoms with van der Waals surface area (Å²) < 4.78 is 1.98. The first-order chi connectivity index (χ1) is 13.5. The van der Waals surface area contributed by atoms with E-state index in [0.717, 1.165) is 36.3 Å². The maximum Gasteiger partial charge on any atom is 0.0809 e. The third-order valence-electron chi connectivity index (χ3n) is 9.78. The Morgan fingerprint density at radius 2 is 1.96 bits per heavy atom. The standard InChI is InChI=1S/C25H38N2O/c1-4-27-16-17(15-26-27)13-18-14-22-20-9-8-19-7-5-6-11-24(19,2)21(20)10-12-25(22,3)23(18)28/h13,15-16,19-23,28H,4-12,14H2,1-3H3/b18-13+/t19-,20-,21+,22+,23-,24+,25+/m1/s1. The van der Waals surface area contributed by atoms with E-state index in [2.05, 4.69) is 38.1 Å². The van der Waals surface area contributed by atoms with Gasteiger partial charge in [0.15, 0.2) is 0 Å². The molecular weight excluding hydrogens is 344 g/mol. The zero-order valence-corrected chi connectivity index (χ0v) is 18.0. The Morgan fingerprint density at radius 1 is 1.11 bits per heavy atom. The van der Waals surface area contributed by atoms with E-state index in [4.69, 9.17) is 0 Å². The minimum Gasteiger partial charge on any atom is -0.388 e. The molecule has 3 nitrogen and oxygen atoms in total. The number of hydrogen-bond acceptors (Lipinski definition) is 2. The fourth-order valence-corrected chi connectivity index (χ4v) is 8.14. The van der Waals surface area contributed by atoms with E-state index in [1.165, 1.54) is 56.9 Å². The second-order valence-corrected chi connectivity index (χ2v) is 10.9. The summed E-state index contributed by atoms with van der Waals surface area (Å²) in [5, 5.41) is 15.8. The van der Waals surface area contributed by atoms with E-state index in [-0.39, 0.29) is 11.5 Å². The molecule has 3 heteroatoms. The number of hydrogen-bond donors (Lipinski definition) is 1. The van der Waals surface area contributed by atoms with Crippen molar-refractivity contribution in [2.75, 3.05) is 0 Å². The molecule has 4 aliphatic rings. The summed E-state index contributed by atoms with van der Waals surface area (Å²) in [4.78, 5) is 0. The zero-order valence-electron chi connectivity index (χ0n) is 18.0. The lowest BCUT2D eigenvalue weighted by atomic mass is 9.45. The highest BCUT2D eigenvalue weighted by Gasteiger charge is 2.60. The van der Waals surface area contributed by atoms with Crippen molar-refractivity contribution < 1.29 is 5.11 Å². The van der Waals surface area contributed by atoms with Crippen molar-refractivity contribution >= 4 is 6.08 Å². The minimum absolute atomic E-state index is 0.0750. The molecule has 4 aliphatic carbocycles. The first-order valence-corrected chi connectivity index (χ1v) is 11.9. The van der Waals surface area contributed by atoms with Gasteiger partial charge in [-0.3, -0.25) is 4.68 Å². The Bertz CT molecular complexity index is 766. The molecule has 0 radical (unpaired) electrons. The van der Waals surface area contributed by atoms with E-state index in [1.807, 2.05) is 10.9 Å². The molecule has 5 rings (SSSR count). The number of fused-ring (bicyclic) bond motifs is 5. The molecule has 0 bridgehead atoms. The fourth-order valence-electron chi connectivity index (χ4n) is 8.14. The van der Waals surface area contributed by atoms with Gasteiger partial charge in [-0.1, -0.05) is 32.8 Å². The van der Waals surface area contributed by atoms with Crippen molar-refractivity contribution in [1.29, 1.82) is 0 Å². The molecule has 0 aliphatic heterocycles. The molecule has 4 saturated carbocycles. The first-order valence-electron chi connectivity index (χ1n) is 11.9. The number of aliphatic hydroxyl groups excluding tert-OH is 1. The van der Waals surface area contributed by atoms with Crippen LogP contribution >= 0.6 is 0 Å². The smallest absolute Gasteiger partial charge is 0.0809 e. The van der Waals surface area contributed by atoms with Gasteiger partial charge >= 0.3 is 0 Å². The Morgan fingerprint density at radius 3 is 2.75 bits per heavy atom. The van der Waals surface area contributed by atoms with Crippen LogP contribution in [0.1, 0.15) is 84.1 Å². The molecule has 154 valence electrons.